The lowest BCUT2D eigenvalue weighted by Gasteiger charge is -2.23. The van der Waals surface area contributed by atoms with E-state index in [4.69, 9.17) is 4.74 Å². The van der Waals surface area contributed by atoms with Crippen LogP contribution in [0, 0.1) is 0 Å². The summed E-state index contributed by atoms with van der Waals surface area (Å²) in [6, 6.07) is 25.5. The van der Waals surface area contributed by atoms with Gasteiger partial charge in [0.25, 0.3) is 0 Å². The smallest absolute Gasteiger partial charge is 0.338 e. The minimum Gasteiger partial charge on any atom is -0.454 e. The van der Waals surface area contributed by atoms with E-state index in [9.17, 15) is 9.59 Å². The lowest BCUT2D eigenvalue weighted by atomic mass is 9.83. The van der Waals surface area contributed by atoms with Gasteiger partial charge in [-0.05, 0) is 35.2 Å². The normalized spacial score (nSPS) is 15.5. The number of para-hydroxylation sites is 1. The zero-order chi connectivity index (χ0) is 22.7. The van der Waals surface area contributed by atoms with E-state index in [1.807, 2.05) is 78.7 Å². The van der Waals surface area contributed by atoms with E-state index in [0.717, 1.165) is 22.5 Å². The van der Waals surface area contributed by atoms with Crippen LogP contribution in [-0.2, 0) is 21.4 Å². The second-order valence-electron chi connectivity index (χ2n) is 8.59. The molecule has 0 saturated heterocycles. The average Bonchev–Trinajstić information content (AvgIpc) is 2.99. The molecule has 0 bridgehead atoms. The zero-order valence-electron chi connectivity index (χ0n) is 18.7. The first-order valence-corrected chi connectivity index (χ1v) is 10.7. The van der Waals surface area contributed by atoms with Crippen molar-refractivity contribution >= 4 is 17.4 Å². The third-order valence-corrected chi connectivity index (χ3v) is 6.06. The molecule has 0 radical (unpaired) electrons. The van der Waals surface area contributed by atoms with Gasteiger partial charge in [0.05, 0.1) is 5.56 Å². The van der Waals surface area contributed by atoms with Gasteiger partial charge in [0.15, 0.2) is 12.4 Å². The summed E-state index contributed by atoms with van der Waals surface area (Å²) in [7, 11) is 1.96. The van der Waals surface area contributed by atoms with Gasteiger partial charge >= 0.3 is 5.97 Å². The Morgan fingerprint density at radius 1 is 0.906 bits per heavy atom. The van der Waals surface area contributed by atoms with Crippen LogP contribution in [0.4, 0.5) is 5.69 Å². The maximum Gasteiger partial charge on any atom is 0.338 e. The summed E-state index contributed by atoms with van der Waals surface area (Å²) < 4.78 is 5.41. The Morgan fingerprint density at radius 3 is 2.31 bits per heavy atom. The number of rotatable bonds is 6. The number of allylic oxidation sites excluding steroid dienone is 1. The van der Waals surface area contributed by atoms with Crippen molar-refractivity contribution in [1.29, 1.82) is 0 Å². The van der Waals surface area contributed by atoms with Crippen LogP contribution < -0.4 is 4.90 Å². The van der Waals surface area contributed by atoms with Gasteiger partial charge in [-0.3, -0.25) is 4.79 Å². The fraction of sp³-hybridized carbons (Fsp3) is 0.214. The highest BCUT2D eigenvalue weighted by Crippen LogP contribution is 2.46. The molecule has 0 spiro atoms. The summed E-state index contributed by atoms with van der Waals surface area (Å²) in [6.07, 6.45) is 2.23. The molecule has 0 N–H and O–H groups in total. The molecule has 3 aromatic carbocycles. The fourth-order valence-corrected chi connectivity index (χ4v) is 4.36. The number of hydrogen-bond acceptors (Lipinski definition) is 4. The molecular weight excluding hydrogens is 398 g/mol. The number of hydrogen-bond donors (Lipinski definition) is 0. The molecule has 4 heteroatoms. The number of fused-ring (bicyclic) bond motifs is 1. The molecule has 162 valence electrons. The average molecular weight is 426 g/mol. The van der Waals surface area contributed by atoms with Gasteiger partial charge in [-0.15, -0.1) is 0 Å². The number of carbonyl (C=O) groups is 2. The summed E-state index contributed by atoms with van der Waals surface area (Å²) in [4.78, 5) is 27.5. The molecule has 4 nitrogen and oxygen atoms in total. The minimum atomic E-state index is -0.481. The molecule has 32 heavy (non-hydrogen) atoms. The standard InChI is InChI=1S/C28H27NO3/c1-28(2)24-15-9-10-16-25(24)29(3)26(28)18-22(30)19-32-27(31)23-14-8-7-13-21(23)17-20-11-5-4-6-12-20/h4-16,18H,17,19H2,1-3H3. The predicted molar refractivity (Wildman–Crippen MR) is 127 cm³/mol. The second kappa shape index (κ2) is 8.83. The third-order valence-electron chi connectivity index (χ3n) is 6.06. The van der Waals surface area contributed by atoms with Crippen molar-refractivity contribution < 1.29 is 14.3 Å². The van der Waals surface area contributed by atoms with Crippen LogP contribution in [0.1, 0.15) is 40.9 Å². The molecule has 0 unspecified atom stereocenters. The number of ketones is 1. The summed E-state index contributed by atoms with van der Waals surface area (Å²) in [5.74, 6) is -0.716. The monoisotopic (exact) mass is 425 g/mol. The number of carbonyl (C=O) groups excluding carboxylic acids is 2. The molecular formula is C28H27NO3. The predicted octanol–water partition coefficient (Wildman–Crippen LogP) is 5.31. The van der Waals surface area contributed by atoms with Crippen molar-refractivity contribution in [3.05, 3.63) is 113 Å². The molecule has 0 aliphatic carbocycles. The highest BCUT2D eigenvalue weighted by molar-refractivity contribution is 5.97. The van der Waals surface area contributed by atoms with Crippen LogP contribution in [0.5, 0.6) is 0 Å². The Hall–Kier alpha value is -3.66. The molecule has 0 amide bonds. The van der Waals surface area contributed by atoms with Gasteiger partial charge in [-0.2, -0.15) is 0 Å². The Balaban J connectivity index is 1.46. The van der Waals surface area contributed by atoms with E-state index < -0.39 is 5.97 Å². The van der Waals surface area contributed by atoms with Crippen molar-refractivity contribution in [3.8, 4) is 0 Å². The number of anilines is 1. The maximum atomic E-state index is 12.8. The summed E-state index contributed by atoms with van der Waals surface area (Å²) >= 11 is 0. The number of nitrogens with zero attached hydrogens (tertiary/aromatic N) is 1. The number of ether oxygens (including phenoxy) is 1. The SMILES string of the molecule is CN1C(=CC(=O)COC(=O)c2ccccc2Cc2ccccc2)C(C)(C)c2ccccc21. The first-order valence-electron chi connectivity index (χ1n) is 10.7. The Bertz CT molecular complexity index is 1180. The van der Waals surface area contributed by atoms with E-state index in [1.165, 1.54) is 5.56 Å². The van der Waals surface area contributed by atoms with Gasteiger partial charge < -0.3 is 9.64 Å². The van der Waals surface area contributed by atoms with E-state index >= 15 is 0 Å². The van der Waals surface area contributed by atoms with E-state index in [-0.39, 0.29) is 17.8 Å². The van der Waals surface area contributed by atoms with Gasteiger partial charge in [-0.25, -0.2) is 4.79 Å². The quantitative estimate of drug-likeness (QED) is 0.396. The number of esters is 1. The first kappa shape index (κ1) is 21.6. The molecule has 0 saturated carbocycles. The largest absolute Gasteiger partial charge is 0.454 e. The van der Waals surface area contributed by atoms with Crippen LogP contribution in [-0.4, -0.2) is 25.4 Å². The summed E-state index contributed by atoms with van der Waals surface area (Å²) in [6.45, 7) is 3.91. The molecule has 4 rings (SSSR count). The van der Waals surface area contributed by atoms with Crippen molar-refractivity contribution in [3.63, 3.8) is 0 Å². The highest BCUT2D eigenvalue weighted by Gasteiger charge is 2.38. The summed E-state index contributed by atoms with van der Waals surface area (Å²) in [5.41, 5.74) is 5.33. The molecule has 1 heterocycles. The molecule has 0 fully saturated rings. The lowest BCUT2D eigenvalue weighted by Crippen LogP contribution is -2.25. The minimum absolute atomic E-state index is 0.235. The molecule has 3 aromatic rings. The van der Waals surface area contributed by atoms with Crippen molar-refractivity contribution in [2.45, 2.75) is 25.7 Å². The molecule has 1 aliphatic heterocycles. The molecule has 0 atom stereocenters. The number of benzene rings is 3. The van der Waals surface area contributed by atoms with Gasteiger partial charge in [0, 0.05) is 29.9 Å². The van der Waals surface area contributed by atoms with Crippen molar-refractivity contribution in [2.24, 2.45) is 0 Å². The topological polar surface area (TPSA) is 46.6 Å². The van der Waals surface area contributed by atoms with Gasteiger partial charge in [0.1, 0.15) is 0 Å². The Labute approximate surface area is 189 Å². The first-order chi connectivity index (χ1) is 15.4. The second-order valence-corrected chi connectivity index (χ2v) is 8.59. The van der Waals surface area contributed by atoms with Crippen LogP contribution in [0.3, 0.4) is 0 Å². The van der Waals surface area contributed by atoms with E-state index in [0.29, 0.717) is 12.0 Å². The summed E-state index contributed by atoms with van der Waals surface area (Å²) in [5, 5.41) is 0. The van der Waals surface area contributed by atoms with Crippen LogP contribution in [0.2, 0.25) is 0 Å². The Morgan fingerprint density at radius 2 is 1.56 bits per heavy atom. The van der Waals surface area contributed by atoms with E-state index in [1.54, 1.807) is 12.1 Å². The van der Waals surface area contributed by atoms with Crippen molar-refractivity contribution in [1.82, 2.24) is 0 Å². The van der Waals surface area contributed by atoms with Gasteiger partial charge in [-0.1, -0.05) is 80.6 Å². The number of likely N-dealkylation sites (N-methyl/N-ethyl adjacent to an activating group) is 1. The lowest BCUT2D eigenvalue weighted by molar-refractivity contribution is -0.117. The van der Waals surface area contributed by atoms with E-state index in [2.05, 4.69) is 19.9 Å². The fourth-order valence-electron chi connectivity index (χ4n) is 4.36. The Kier molecular flexibility index (Phi) is 5.95. The van der Waals surface area contributed by atoms with Gasteiger partial charge in [0.2, 0.25) is 0 Å². The zero-order valence-corrected chi connectivity index (χ0v) is 18.7. The van der Waals surface area contributed by atoms with Crippen LogP contribution in [0.15, 0.2) is 90.6 Å². The maximum absolute atomic E-state index is 12.8. The molecule has 0 aromatic heterocycles. The van der Waals surface area contributed by atoms with Crippen molar-refractivity contribution in [2.75, 3.05) is 18.6 Å². The third kappa shape index (κ3) is 4.22. The molecule has 1 aliphatic rings. The van der Waals surface area contributed by atoms with Crippen LogP contribution in [0.25, 0.3) is 0 Å². The highest BCUT2D eigenvalue weighted by atomic mass is 16.5. The van der Waals surface area contributed by atoms with Crippen LogP contribution >= 0.6 is 0 Å².